The highest BCUT2D eigenvalue weighted by molar-refractivity contribution is 5.88. The fourth-order valence-corrected chi connectivity index (χ4v) is 2.85. The number of hydrogen-bond donors (Lipinski definition) is 1. The summed E-state index contributed by atoms with van der Waals surface area (Å²) in [7, 11) is 1.61. The molecule has 0 fully saturated rings. The average Bonchev–Trinajstić information content (AvgIpc) is 2.64. The number of nitrogens with one attached hydrogen (secondary N) is 1. The minimum atomic E-state index is -0.469. The number of aryl methyl sites for hydroxylation is 1. The lowest BCUT2D eigenvalue weighted by atomic mass is 10.1. The second kappa shape index (κ2) is 9.02. The van der Waals surface area contributed by atoms with Gasteiger partial charge in [-0.25, -0.2) is 0 Å². The van der Waals surface area contributed by atoms with Crippen molar-refractivity contribution >= 4 is 11.8 Å². The third-order valence-electron chi connectivity index (χ3n) is 4.30. The van der Waals surface area contributed by atoms with Crippen molar-refractivity contribution in [3.05, 3.63) is 71.3 Å². The Morgan fingerprint density at radius 1 is 1.00 bits per heavy atom. The molecule has 0 heterocycles. The van der Waals surface area contributed by atoms with Crippen LogP contribution in [-0.2, 0) is 22.6 Å². The van der Waals surface area contributed by atoms with Gasteiger partial charge in [-0.2, -0.15) is 0 Å². The van der Waals surface area contributed by atoms with E-state index in [2.05, 4.69) is 5.32 Å². The SMILES string of the molecule is CC[C@H](C(=O)NC)N(Cc1ccccc1)C(=O)Cc1ccc(C)cc1. The molecule has 0 aliphatic heterocycles. The monoisotopic (exact) mass is 338 g/mol. The van der Waals surface area contributed by atoms with Gasteiger partial charge in [-0.05, 0) is 24.5 Å². The maximum Gasteiger partial charge on any atom is 0.242 e. The van der Waals surface area contributed by atoms with Crippen molar-refractivity contribution in [1.82, 2.24) is 10.2 Å². The Morgan fingerprint density at radius 2 is 1.64 bits per heavy atom. The minimum Gasteiger partial charge on any atom is -0.357 e. The third kappa shape index (κ3) is 5.18. The van der Waals surface area contributed by atoms with Crippen molar-refractivity contribution in [2.24, 2.45) is 0 Å². The van der Waals surface area contributed by atoms with E-state index in [9.17, 15) is 9.59 Å². The Morgan fingerprint density at radius 3 is 2.20 bits per heavy atom. The molecule has 0 radical (unpaired) electrons. The number of rotatable bonds is 7. The van der Waals surface area contributed by atoms with Crippen LogP contribution >= 0.6 is 0 Å². The Bertz CT molecular complexity index is 696. The van der Waals surface area contributed by atoms with Gasteiger partial charge in [0, 0.05) is 13.6 Å². The highest BCUT2D eigenvalue weighted by atomic mass is 16.2. The van der Waals surface area contributed by atoms with Crippen molar-refractivity contribution in [2.75, 3.05) is 7.05 Å². The van der Waals surface area contributed by atoms with Crippen molar-refractivity contribution in [3.8, 4) is 0 Å². The summed E-state index contributed by atoms with van der Waals surface area (Å²) >= 11 is 0. The number of amides is 2. The molecule has 0 aliphatic carbocycles. The lowest BCUT2D eigenvalue weighted by Gasteiger charge is -2.30. The maximum atomic E-state index is 13.0. The van der Waals surface area contributed by atoms with Gasteiger partial charge in [-0.3, -0.25) is 9.59 Å². The summed E-state index contributed by atoms with van der Waals surface area (Å²) in [5.41, 5.74) is 3.14. The fraction of sp³-hybridized carbons (Fsp3) is 0.333. The zero-order valence-electron chi connectivity index (χ0n) is 15.2. The molecule has 0 aromatic heterocycles. The molecular weight excluding hydrogens is 312 g/mol. The summed E-state index contributed by atoms with van der Waals surface area (Å²) in [5, 5.41) is 2.68. The van der Waals surface area contributed by atoms with Gasteiger partial charge in [0.15, 0.2) is 0 Å². The topological polar surface area (TPSA) is 49.4 Å². The van der Waals surface area contributed by atoms with Crippen LogP contribution in [-0.4, -0.2) is 29.8 Å². The highest BCUT2D eigenvalue weighted by Gasteiger charge is 2.27. The van der Waals surface area contributed by atoms with Gasteiger partial charge in [0.1, 0.15) is 6.04 Å². The minimum absolute atomic E-state index is 0.0387. The van der Waals surface area contributed by atoms with E-state index in [0.717, 1.165) is 16.7 Å². The Labute approximate surface area is 149 Å². The lowest BCUT2D eigenvalue weighted by molar-refractivity contribution is -0.140. The zero-order chi connectivity index (χ0) is 18.2. The van der Waals surface area contributed by atoms with Crippen LogP contribution in [0.3, 0.4) is 0 Å². The molecule has 2 rings (SSSR count). The van der Waals surface area contributed by atoms with Crippen LogP contribution in [0.4, 0.5) is 0 Å². The van der Waals surface area contributed by atoms with Crippen molar-refractivity contribution in [1.29, 1.82) is 0 Å². The van der Waals surface area contributed by atoms with Crippen molar-refractivity contribution in [2.45, 2.75) is 39.3 Å². The standard InChI is InChI=1S/C21H26N2O2/c1-4-19(21(25)22-3)23(15-18-8-6-5-7-9-18)20(24)14-17-12-10-16(2)11-13-17/h5-13,19H,4,14-15H2,1-3H3,(H,22,25)/t19-/m1/s1. The number of nitrogens with zero attached hydrogens (tertiary/aromatic N) is 1. The zero-order valence-corrected chi connectivity index (χ0v) is 15.2. The molecule has 1 atom stereocenters. The summed E-state index contributed by atoms with van der Waals surface area (Å²) in [6, 6.07) is 17.2. The third-order valence-corrected chi connectivity index (χ3v) is 4.30. The van der Waals surface area contributed by atoms with Gasteiger partial charge in [0.05, 0.1) is 6.42 Å². The van der Waals surface area contributed by atoms with E-state index >= 15 is 0 Å². The van der Waals surface area contributed by atoms with E-state index in [1.165, 1.54) is 0 Å². The molecule has 4 heteroatoms. The largest absolute Gasteiger partial charge is 0.357 e. The summed E-state index contributed by atoms with van der Waals surface area (Å²) in [5.74, 6) is -0.168. The smallest absolute Gasteiger partial charge is 0.242 e. The molecule has 2 aromatic rings. The number of benzene rings is 2. The quantitative estimate of drug-likeness (QED) is 0.843. The van der Waals surface area contributed by atoms with E-state index in [1.54, 1.807) is 11.9 Å². The average molecular weight is 338 g/mol. The second-order valence-electron chi connectivity index (χ2n) is 6.21. The predicted octanol–water partition coefficient (Wildman–Crippen LogP) is 3.09. The molecule has 2 aromatic carbocycles. The molecule has 1 N–H and O–H groups in total. The normalized spacial score (nSPS) is 11.6. The Balaban J connectivity index is 2.23. The lowest BCUT2D eigenvalue weighted by Crippen LogP contribution is -2.48. The molecular formula is C21H26N2O2. The first kappa shape index (κ1) is 18.7. The summed E-state index contributed by atoms with van der Waals surface area (Å²) < 4.78 is 0. The summed E-state index contributed by atoms with van der Waals surface area (Å²) in [6.07, 6.45) is 0.868. The number of hydrogen-bond acceptors (Lipinski definition) is 2. The first-order valence-corrected chi connectivity index (χ1v) is 8.65. The molecule has 2 amide bonds. The van der Waals surface area contributed by atoms with Crippen LogP contribution in [0.1, 0.15) is 30.0 Å². The Hall–Kier alpha value is -2.62. The molecule has 0 spiro atoms. The van der Waals surface area contributed by atoms with Crippen molar-refractivity contribution in [3.63, 3.8) is 0 Å². The molecule has 132 valence electrons. The Kier molecular flexibility index (Phi) is 6.75. The van der Waals surface area contributed by atoms with Crippen molar-refractivity contribution < 1.29 is 9.59 Å². The van der Waals surface area contributed by atoms with E-state index in [0.29, 0.717) is 19.4 Å². The van der Waals surface area contributed by atoms with Gasteiger partial charge >= 0.3 is 0 Å². The van der Waals surface area contributed by atoms with Crippen LogP contribution < -0.4 is 5.32 Å². The number of carbonyl (C=O) groups is 2. The fourth-order valence-electron chi connectivity index (χ4n) is 2.85. The first-order valence-electron chi connectivity index (χ1n) is 8.65. The van der Waals surface area contributed by atoms with Gasteiger partial charge in [-0.1, -0.05) is 67.1 Å². The van der Waals surface area contributed by atoms with Gasteiger partial charge in [0.25, 0.3) is 0 Å². The second-order valence-corrected chi connectivity index (χ2v) is 6.21. The molecule has 0 aliphatic rings. The first-order chi connectivity index (χ1) is 12.0. The number of likely N-dealkylation sites (N-methyl/N-ethyl adjacent to an activating group) is 1. The molecule has 0 bridgehead atoms. The summed E-state index contributed by atoms with van der Waals surface area (Å²) in [6.45, 7) is 4.38. The molecule has 4 nitrogen and oxygen atoms in total. The summed E-state index contributed by atoms with van der Waals surface area (Å²) in [4.78, 5) is 26.9. The van der Waals surface area contributed by atoms with E-state index < -0.39 is 6.04 Å². The van der Waals surface area contributed by atoms with Crippen LogP contribution in [0.2, 0.25) is 0 Å². The van der Waals surface area contributed by atoms with E-state index in [-0.39, 0.29) is 11.8 Å². The van der Waals surface area contributed by atoms with Gasteiger partial charge < -0.3 is 10.2 Å². The predicted molar refractivity (Wildman–Crippen MR) is 100 cm³/mol. The molecule has 0 saturated heterocycles. The highest BCUT2D eigenvalue weighted by Crippen LogP contribution is 2.15. The van der Waals surface area contributed by atoms with E-state index in [4.69, 9.17) is 0 Å². The maximum absolute atomic E-state index is 13.0. The van der Waals surface area contributed by atoms with Gasteiger partial charge in [-0.15, -0.1) is 0 Å². The van der Waals surface area contributed by atoms with Crippen LogP contribution in [0, 0.1) is 6.92 Å². The molecule has 0 saturated carbocycles. The van der Waals surface area contributed by atoms with Gasteiger partial charge in [0.2, 0.25) is 11.8 Å². The van der Waals surface area contributed by atoms with Crippen LogP contribution in [0.5, 0.6) is 0 Å². The van der Waals surface area contributed by atoms with Crippen LogP contribution in [0.25, 0.3) is 0 Å². The molecule has 25 heavy (non-hydrogen) atoms. The van der Waals surface area contributed by atoms with Crippen LogP contribution in [0.15, 0.2) is 54.6 Å². The van der Waals surface area contributed by atoms with E-state index in [1.807, 2.05) is 68.4 Å². The molecule has 0 unspecified atom stereocenters. The number of carbonyl (C=O) groups excluding carboxylic acids is 2.